The number of rotatable bonds is 5. The van der Waals surface area contributed by atoms with Crippen molar-refractivity contribution in [1.82, 2.24) is 0 Å². The molecule has 1 nitrogen and oxygen atoms in total. The Hall–Kier alpha value is -0.340. The molecule has 1 aromatic carbocycles. The van der Waals surface area contributed by atoms with E-state index in [1.165, 1.54) is 0 Å². The largest absolute Gasteiger partial charge is 0.493 e. The van der Waals surface area contributed by atoms with Gasteiger partial charge >= 0.3 is 0 Å². The van der Waals surface area contributed by atoms with E-state index in [9.17, 15) is 0 Å². The quantitative estimate of drug-likeness (QED) is 0.778. The van der Waals surface area contributed by atoms with Crippen molar-refractivity contribution in [3.63, 3.8) is 0 Å². The number of aryl methyl sites for hydroxylation is 1. The molecule has 0 saturated heterocycles. The van der Waals surface area contributed by atoms with Gasteiger partial charge in [-0.25, -0.2) is 0 Å². The van der Waals surface area contributed by atoms with Gasteiger partial charge in [0.25, 0.3) is 0 Å². The van der Waals surface area contributed by atoms with Crippen LogP contribution >= 0.6 is 24.2 Å². The Bertz CT molecular complexity index is 350. The molecule has 0 fully saturated rings. The van der Waals surface area contributed by atoms with Gasteiger partial charge in [0.15, 0.2) is 0 Å². The third kappa shape index (κ3) is 3.91. The average Bonchev–Trinajstić information content (AvgIpc) is 2.28. The lowest BCUT2D eigenvalue weighted by molar-refractivity contribution is 0.202. The van der Waals surface area contributed by atoms with Crippen molar-refractivity contribution in [2.45, 2.75) is 27.2 Å². The molecule has 0 spiro atoms. The highest BCUT2D eigenvalue weighted by molar-refractivity contribution is 7.80. The predicted octanol–water partition coefficient (Wildman–Crippen LogP) is 4.24. The lowest BCUT2D eigenvalue weighted by atomic mass is 9.98. The van der Waals surface area contributed by atoms with Crippen LogP contribution < -0.4 is 4.74 Å². The van der Waals surface area contributed by atoms with Crippen LogP contribution in [0.15, 0.2) is 18.2 Å². The zero-order valence-electron chi connectivity index (χ0n) is 10.1. The predicted molar refractivity (Wildman–Crippen MR) is 74.0 cm³/mol. The van der Waals surface area contributed by atoms with Gasteiger partial charge in [-0.1, -0.05) is 32.4 Å². The highest BCUT2D eigenvalue weighted by atomic mass is 35.5. The van der Waals surface area contributed by atoms with Gasteiger partial charge in [-0.2, -0.15) is 12.6 Å². The third-order valence-electron chi connectivity index (χ3n) is 2.46. The highest BCUT2D eigenvalue weighted by Crippen LogP contribution is 2.24. The van der Waals surface area contributed by atoms with Crippen molar-refractivity contribution in [1.29, 1.82) is 0 Å². The van der Waals surface area contributed by atoms with Gasteiger partial charge in [0.05, 0.1) is 6.61 Å². The van der Waals surface area contributed by atoms with Crippen LogP contribution in [0.1, 0.15) is 26.3 Å². The molecular weight excluding hydrogens is 240 g/mol. The maximum atomic E-state index is 6.05. The number of thiol groups is 1. The monoisotopic (exact) mass is 258 g/mol. The Balaban J connectivity index is 2.68. The molecule has 3 heteroatoms. The molecule has 0 aromatic heterocycles. The summed E-state index contributed by atoms with van der Waals surface area (Å²) in [7, 11) is 0. The van der Waals surface area contributed by atoms with Gasteiger partial charge in [0.2, 0.25) is 0 Å². The molecule has 0 aliphatic carbocycles. The van der Waals surface area contributed by atoms with Crippen molar-refractivity contribution in [3.8, 4) is 5.75 Å². The first-order valence-electron chi connectivity index (χ1n) is 5.50. The highest BCUT2D eigenvalue weighted by Gasteiger charge is 2.16. The summed E-state index contributed by atoms with van der Waals surface area (Å²) in [5.74, 6) is 1.69. The smallest absolute Gasteiger partial charge is 0.119 e. The van der Waals surface area contributed by atoms with Crippen LogP contribution in [0.4, 0.5) is 0 Å². The van der Waals surface area contributed by atoms with Gasteiger partial charge in [-0.3, -0.25) is 0 Å². The number of halogens is 1. The summed E-state index contributed by atoms with van der Waals surface area (Å²) >= 11 is 10.3. The molecule has 0 radical (unpaired) electrons. The van der Waals surface area contributed by atoms with E-state index in [2.05, 4.69) is 33.4 Å². The minimum Gasteiger partial charge on any atom is -0.493 e. The summed E-state index contributed by atoms with van der Waals surface area (Å²) < 4.78 is 5.75. The minimum atomic E-state index is 0.0924. The Morgan fingerprint density at radius 2 is 2.06 bits per heavy atom. The van der Waals surface area contributed by atoms with E-state index in [0.717, 1.165) is 28.5 Å². The summed E-state index contributed by atoms with van der Waals surface area (Å²) in [4.78, 5) is 0. The molecule has 0 heterocycles. The fourth-order valence-electron chi connectivity index (χ4n) is 1.24. The van der Waals surface area contributed by atoms with E-state index < -0.39 is 0 Å². The van der Waals surface area contributed by atoms with Gasteiger partial charge in [0, 0.05) is 10.4 Å². The second-order valence-electron chi connectivity index (χ2n) is 4.72. The molecule has 0 atom stereocenters. The minimum absolute atomic E-state index is 0.0924. The van der Waals surface area contributed by atoms with E-state index in [1.54, 1.807) is 0 Å². The van der Waals surface area contributed by atoms with E-state index in [-0.39, 0.29) is 5.41 Å². The van der Waals surface area contributed by atoms with E-state index in [1.807, 2.05) is 18.2 Å². The summed E-state index contributed by atoms with van der Waals surface area (Å²) in [5.41, 5.74) is 1.22. The summed E-state index contributed by atoms with van der Waals surface area (Å²) in [6, 6.07) is 5.82. The Kier molecular flexibility index (Phi) is 5.00. The van der Waals surface area contributed by atoms with Crippen molar-refractivity contribution >= 4 is 24.2 Å². The zero-order valence-corrected chi connectivity index (χ0v) is 11.7. The first kappa shape index (κ1) is 13.7. The first-order valence-corrected chi connectivity index (χ1v) is 6.51. The summed E-state index contributed by atoms with van der Waals surface area (Å²) in [6.45, 7) is 7.03. The summed E-state index contributed by atoms with van der Waals surface area (Å²) in [5, 5.41) is 0.809. The Morgan fingerprint density at radius 1 is 1.38 bits per heavy atom. The van der Waals surface area contributed by atoms with Gasteiger partial charge in [-0.15, -0.1) is 0 Å². The van der Waals surface area contributed by atoms with E-state index in [0.29, 0.717) is 6.61 Å². The van der Waals surface area contributed by atoms with Crippen LogP contribution in [0.5, 0.6) is 5.75 Å². The van der Waals surface area contributed by atoms with Crippen LogP contribution in [0, 0.1) is 5.41 Å². The van der Waals surface area contributed by atoms with Gasteiger partial charge < -0.3 is 4.74 Å². The van der Waals surface area contributed by atoms with Crippen molar-refractivity contribution in [3.05, 3.63) is 28.8 Å². The van der Waals surface area contributed by atoms with Crippen LogP contribution in [0.25, 0.3) is 0 Å². The topological polar surface area (TPSA) is 9.23 Å². The molecule has 1 aromatic rings. The maximum absolute atomic E-state index is 6.05. The van der Waals surface area contributed by atoms with Crippen molar-refractivity contribution < 1.29 is 4.74 Å². The number of hydrogen-bond acceptors (Lipinski definition) is 2. The van der Waals surface area contributed by atoms with Crippen molar-refractivity contribution in [2.75, 3.05) is 12.4 Å². The molecule has 16 heavy (non-hydrogen) atoms. The second kappa shape index (κ2) is 5.83. The molecule has 90 valence electrons. The molecule has 0 bridgehead atoms. The molecule has 0 unspecified atom stereocenters. The second-order valence-corrected chi connectivity index (χ2v) is 5.44. The average molecular weight is 259 g/mol. The molecule has 0 aliphatic heterocycles. The standard InChI is InChI=1S/C13H19ClOS/c1-4-10-7-11(5-6-12(10)14)15-8-13(2,3)9-16/h5-7,16H,4,8-9H2,1-3H3. The van der Waals surface area contributed by atoms with Crippen LogP contribution in [0.3, 0.4) is 0 Å². The molecule has 1 rings (SSSR count). The molecule has 0 amide bonds. The molecule has 0 aliphatic rings. The number of ether oxygens (including phenoxy) is 1. The summed E-state index contributed by atoms with van der Waals surface area (Å²) in [6.07, 6.45) is 0.923. The van der Waals surface area contributed by atoms with E-state index in [4.69, 9.17) is 16.3 Å². The SMILES string of the molecule is CCc1cc(OCC(C)(C)CS)ccc1Cl. The fraction of sp³-hybridized carbons (Fsp3) is 0.538. The third-order valence-corrected chi connectivity index (χ3v) is 3.68. The van der Waals surface area contributed by atoms with E-state index >= 15 is 0 Å². The lowest BCUT2D eigenvalue weighted by Gasteiger charge is -2.22. The first-order chi connectivity index (χ1) is 7.48. The van der Waals surface area contributed by atoms with Gasteiger partial charge in [-0.05, 0) is 35.9 Å². The fourth-order valence-corrected chi connectivity index (χ4v) is 1.58. The van der Waals surface area contributed by atoms with Crippen LogP contribution in [-0.4, -0.2) is 12.4 Å². The lowest BCUT2D eigenvalue weighted by Crippen LogP contribution is -2.23. The number of benzene rings is 1. The molecule has 0 N–H and O–H groups in total. The Morgan fingerprint density at radius 3 is 2.62 bits per heavy atom. The maximum Gasteiger partial charge on any atom is 0.119 e. The zero-order chi connectivity index (χ0) is 12.2. The van der Waals surface area contributed by atoms with Crippen molar-refractivity contribution in [2.24, 2.45) is 5.41 Å². The molecular formula is C13H19ClOS. The Labute approximate surface area is 109 Å². The van der Waals surface area contributed by atoms with Crippen LogP contribution in [0.2, 0.25) is 5.02 Å². The van der Waals surface area contributed by atoms with Crippen LogP contribution in [-0.2, 0) is 6.42 Å². The number of hydrogen-bond donors (Lipinski definition) is 1. The molecule has 0 saturated carbocycles. The normalized spacial score (nSPS) is 11.6. The van der Waals surface area contributed by atoms with Gasteiger partial charge in [0.1, 0.15) is 5.75 Å².